The molecule has 152 valence electrons. The van der Waals surface area contributed by atoms with E-state index >= 15 is 0 Å². The van der Waals surface area contributed by atoms with Crippen LogP contribution in [0.2, 0.25) is 0 Å². The second-order valence-corrected chi connectivity index (χ2v) is 8.49. The Kier molecular flexibility index (Phi) is 7.37. The Labute approximate surface area is 182 Å². The fraction of sp³-hybridized carbons (Fsp3) is 0.300. The fourth-order valence-corrected chi connectivity index (χ4v) is 4.53. The molecule has 0 aliphatic heterocycles. The highest BCUT2D eigenvalue weighted by atomic mass is 14.2. The van der Waals surface area contributed by atoms with E-state index in [1.165, 1.54) is 47.9 Å². The Bertz CT molecular complexity index is 905. The molecule has 3 aromatic rings. The highest BCUT2D eigenvalue weighted by Crippen LogP contribution is 2.35. The van der Waals surface area contributed by atoms with Gasteiger partial charge in [0, 0.05) is 0 Å². The number of benzene rings is 3. The molecule has 1 fully saturated rings. The van der Waals surface area contributed by atoms with Gasteiger partial charge in [0.05, 0.1) is 0 Å². The first kappa shape index (κ1) is 20.5. The number of allylic oxidation sites excluding steroid dienone is 1. The molecule has 0 amide bonds. The number of aryl methyl sites for hydroxylation is 2. The summed E-state index contributed by atoms with van der Waals surface area (Å²) in [5.74, 6) is 0.717. The number of hydrogen-bond donors (Lipinski definition) is 0. The molecule has 0 spiro atoms. The maximum absolute atomic E-state index is 3.90. The first-order valence-corrected chi connectivity index (χ1v) is 11.5. The summed E-state index contributed by atoms with van der Waals surface area (Å²) in [6, 6.07) is 32.8. The monoisotopic (exact) mass is 392 g/mol. The van der Waals surface area contributed by atoms with Crippen molar-refractivity contribution in [3.63, 3.8) is 0 Å². The van der Waals surface area contributed by atoms with Crippen molar-refractivity contribution >= 4 is 0 Å². The molecule has 3 aromatic carbocycles. The van der Waals surface area contributed by atoms with Crippen LogP contribution in [-0.4, -0.2) is 0 Å². The zero-order chi connectivity index (χ0) is 20.4. The molecule has 0 atom stereocenters. The summed E-state index contributed by atoms with van der Waals surface area (Å²) in [7, 11) is 0. The summed E-state index contributed by atoms with van der Waals surface area (Å²) in [6.45, 7) is 0. The molecular weight excluding hydrogens is 360 g/mol. The van der Waals surface area contributed by atoms with E-state index in [9.17, 15) is 0 Å². The van der Waals surface area contributed by atoms with Crippen molar-refractivity contribution in [1.29, 1.82) is 0 Å². The van der Waals surface area contributed by atoms with Gasteiger partial charge in [-0.15, -0.1) is 5.73 Å². The fourth-order valence-electron chi connectivity index (χ4n) is 4.53. The molecule has 0 nitrogen and oxygen atoms in total. The van der Waals surface area contributed by atoms with Crippen LogP contribution in [0, 0.1) is 0 Å². The predicted molar refractivity (Wildman–Crippen MR) is 128 cm³/mol. The molecule has 0 saturated heterocycles. The maximum atomic E-state index is 3.90. The van der Waals surface area contributed by atoms with Crippen LogP contribution in [0.4, 0.5) is 0 Å². The average molecular weight is 393 g/mol. The van der Waals surface area contributed by atoms with Gasteiger partial charge in [0.2, 0.25) is 0 Å². The van der Waals surface area contributed by atoms with E-state index in [4.69, 9.17) is 0 Å². The van der Waals surface area contributed by atoms with Gasteiger partial charge >= 0.3 is 0 Å². The van der Waals surface area contributed by atoms with Gasteiger partial charge in [0.25, 0.3) is 0 Å². The minimum atomic E-state index is 0.717. The topological polar surface area (TPSA) is 0 Å². The van der Waals surface area contributed by atoms with E-state index in [1.54, 1.807) is 5.57 Å². The van der Waals surface area contributed by atoms with E-state index in [0.717, 1.165) is 25.7 Å². The maximum Gasteiger partial charge on any atom is -0.0155 e. The van der Waals surface area contributed by atoms with Gasteiger partial charge in [-0.1, -0.05) is 91.0 Å². The molecule has 0 N–H and O–H groups in total. The molecule has 0 aromatic heterocycles. The number of rotatable bonds is 7. The lowest BCUT2D eigenvalue weighted by atomic mass is 9.81. The summed E-state index contributed by atoms with van der Waals surface area (Å²) >= 11 is 0. The smallest absolute Gasteiger partial charge is 0.0155 e. The van der Waals surface area contributed by atoms with E-state index < -0.39 is 0 Å². The lowest BCUT2D eigenvalue weighted by Gasteiger charge is -2.23. The van der Waals surface area contributed by atoms with Crippen LogP contribution in [-0.2, 0) is 12.8 Å². The van der Waals surface area contributed by atoms with Crippen molar-refractivity contribution in [3.8, 4) is 0 Å². The number of hydrogen-bond acceptors (Lipinski definition) is 0. The van der Waals surface area contributed by atoms with E-state index in [1.807, 2.05) is 0 Å². The van der Waals surface area contributed by atoms with Crippen LogP contribution in [0.1, 0.15) is 61.1 Å². The molecule has 1 saturated carbocycles. The Morgan fingerprint density at radius 2 is 1.10 bits per heavy atom. The summed E-state index contributed by atoms with van der Waals surface area (Å²) in [4.78, 5) is 0. The van der Waals surface area contributed by atoms with Crippen LogP contribution in [0.3, 0.4) is 0 Å². The van der Waals surface area contributed by atoms with E-state index in [2.05, 4.69) is 96.7 Å². The molecule has 1 aliphatic rings. The van der Waals surface area contributed by atoms with Crippen LogP contribution in [0.15, 0.2) is 108 Å². The van der Waals surface area contributed by atoms with E-state index in [0.29, 0.717) is 5.92 Å². The molecule has 0 radical (unpaired) electrons. The Balaban J connectivity index is 1.45. The molecule has 0 heterocycles. The third kappa shape index (κ3) is 6.09. The van der Waals surface area contributed by atoms with Crippen molar-refractivity contribution in [2.24, 2.45) is 0 Å². The first-order chi connectivity index (χ1) is 14.9. The summed E-state index contributed by atoms with van der Waals surface area (Å²) in [6.07, 6.45) is 9.36. The summed E-state index contributed by atoms with van der Waals surface area (Å²) < 4.78 is 0. The molecule has 0 bridgehead atoms. The highest BCUT2D eigenvalue weighted by molar-refractivity contribution is 5.24. The normalized spacial score (nSPS) is 16.1. The van der Waals surface area contributed by atoms with Gasteiger partial charge < -0.3 is 0 Å². The van der Waals surface area contributed by atoms with Crippen molar-refractivity contribution in [2.45, 2.75) is 57.3 Å². The van der Waals surface area contributed by atoms with Crippen LogP contribution >= 0.6 is 0 Å². The molecule has 4 rings (SSSR count). The molecule has 0 heteroatoms. The Hall–Kier alpha value is -2.82. The third-order valence-electron chi connectivity index (χ3n) is 6.33. The minimum Gasteiger partial charge on any atom is -0.123 e. The molecule has 1 aliphatic carbocycles. The van der Waals surface area contributed by atoms with Crippen LogP contribution in [0.25, 0.3) is 0 Å². The van der Waals surface area contributed by atoms with Gasteiger partial charge in [0.15, 0.2) is 0 Å². The Morgan fingerprint density at radius 1 is 0.633 bits per heavy atom. The lowest BCUT2D eigenvalue weighted by Crippen LogP contribution is -2.06. The largest absolute Gasteiger partial charge is 0.123 e. The highest BCUT2D eigenvalue weighted by Gasteiger charge is 2.18. The third-order valence-corrected chi connectivity index (χ3v) is 6.33. The zero-order valence-electron chi connectivity index (χ0n) is 17.9. The lowest BCUT2D eigenvalue weighted by molar-refractivity contribution is 0.517. The quantitative estimate of drug-likeness (QED) is 0.357. The van der Waals surface area contributed by atoms with Gasteiger partial charge in [-0.3, -0.25) is 0 Å². The first-order valence-electron chi connectivity index (χ1n) is 11.5. The summed E-state index contributed by atoms with van der Waals surface area (Å²) in [5, 5.41) is 0. The van der Waals surface area contributed by atoms with Gasteiger partial charge in [-0.05, 0) is 85.1 Å². The van der Waals surface area contributed by atoms with Gasteiger partial charge in [0.1, 0.15) is 0 Å². The standard InChI is InChI=1S/C30H32/c1-4-10-25(11-5-1)16-18-27(19-17-26-12-6-2-7-13-26)24-28-20-22-30(23-21-28)29-14-8-3-9-15-29/h1-15,30H,16-23H2. The SMILES string of the molecule is C(=C(CCc1ccccc1)CCc1ccccc1)=C1CCC(c2ccccc2)CC1. The van der Waals surface area contributed by atoms with Crippen LogP contribution < -0.4 is 0 Å². The average Bonchev–Trinajstić information content (AvgIpc) is 2.83. The second kappa shape index (κ2) is 10.8. The van der Waals surface area contributed by atoms with Gasteiger partial charge in [-0.25, -0.2) is 0 Å². The molecule has 30 heavy (non-hydrogen) atoms. The Morgan fingerprint density at radius 3 is 1.60 bits per heavy atom. The van der Waals surface area contributed by atoms with Crippen molar-refractivity contribution < 1.29 is 0 Å². The molecule has 0 unspecified atom stereocenters. The van der Waals surface area contributed by atoms with Crippen LogP contribution in [0.5, 0.6) is 0 Å². The van der Waals surface area contributed by atoms with Crippen molar-refractivity contribution in [3.05, 3.63) is 125 Å². The van der Waals surface area contributed by atoms with E-state index in [-0.39, 0.29) is 0 Å². The predicted octanol–water partition coefficient (Wildman–Crippen LogP) is 8.06. The van der Waals surface area contributed by atoms with Crippen molar-refractivity contribution in [2.75, 3.05) is 0 Å². The summed E-state index contributed by atoms with van der Waals surface area (Å²) in [5.41, 5.74) is 11.3. The van der Waals surface area contributed by atoms with Gasteiger partial charge in [-0.2, -0.15) is 0 Å². The minimum absolute atomic E-state index is 0.717. The van der Waals surface area contributed by atoms with Crippen molar-refractivity contribution in [1.82, 2.24) is 0 Å². The molecular formula is C30H32. The zero-order valence-corrected chi connectivity index (χ0v) is 17.9. The second-order valence-electron chi connectivity index (χ2n) is 8.49.